The van der Waals surface area contributed by atoms with E-state index in [4.69, 9.17) is 14.0 Å². The van der Waals surface area contributed by atoms with Crippen LogP contribution in [-0.4, -0.2) is 56.9 Å². The SMILES string of the molecule is COCC(C)(C)c1cc(NC(=O)C(C)(C)S(=O)(=O)CC2CCOCC2)on1. The third-order valence-electron chi connectivity index (χ3n) is 5.07. The zero-order valence-corrected chi connectivity index (χ0v) is 17.5. The van der Waals surface area contributed by atoms with Gasteiger partial charge in [-0.1, -0.05) is 19.0 Å². The number of carbonyl (C=O) groups excluding carboxylic acids is 1. The zero-order valence-electron chi connectivity index (χ0n) is 16.7. The Morgan fingerprint density at radius 2 is 1.93 bits per heavy atom. The molecule has 9 heteroatoms. The number of nitrogens with zero attached hydrogens (tertiary/aromatic N) is 1. The van der Waals surface area contributed by atoms with Gasteiger partial charge in [0.2, 0.25) is 11.8 Å². The van der Waals surface area contributed by atoms with Gasteiger partial charge in [0, 0.05) is 31.8 Å². The lowest BCUT2D eigenvalue weighted by Crippen LogP contribution is -2.47. The van der Waals surface area contributed by atoms with Crippen molar-refractivity contribution in [3.05, 3.63) is 11.8 Å². The minimum Gasteiger partial charge on any atom is -0.384 e. The average molecular weight is 403 g/mol. The van der Waals surface area contributed by atoms with Gasteiger partial charge < -0.3 is 14.0 Å². The van der Waals surface area contributed by atoms with Crippen molar-refractivity contribution >= 4 is 21.6 Å². The molecule has 0 bridgehead atoms. The van der Waals surface area contributed by atoms with Crippen LogP contribution >= 0.6 is 0 Å². The van der Waals surface area contributed by atoms with Gasteiger partial charge in [-0.05, 0) is 32.6 Å². The van der Waals surface area contributed by atoms with E-state index in [9.17, 15) is 13.2 Å². The number of hydrogen-bond donors (Lipinski definition) is 1. The number of amides is 1. The van der Waals surface area contributed by atoms with Gasteiger partial charge in [-0.3, -0.25) is 10.1 Å². The van der Waals surface area contributed by atoms with Gasteiger partial charge in [-0.25, -0.2) is 8.42 Å². The van der Waals surface area contributed by atoms with Crippen LogP contribution in [0.25, 0.3) is 0 Å². The minimum atomic E-state index is -3.66. The first kappa shape index (κ1) is 21.8. The fraction of sp³-hybridized carbons (Fsp3) is 0.778. The topological polar surface area (TPSA) is 108 Å². The molecule has 0 spiro atoms. The summed E-state index contributed by atoms with van der Waals surface area (Å²) >= 11 is 0. The molecule has 1 fully saturated rings. The van der Waals surface area contributed by atoms with Gasteiger partial charge in [0.05, 0.1) is 18.1 Å². The molecule has 154 valence electrons. The number of methoxy groups -OCH3 is 1. The molecule has 0 atom stereocenters. The summed E-state index contributed by atoms with van der Waals surface area (Å²) in [5, 5.41) is 6.51. The van der Waals surface area contributed by atoms with E-state index in [2.05, 4.69) is 10.5 Å². The van der Waals surface area contributed by atoms with Crippen molar-refractivity contribution in [1.82, 2.24) is 5.16 Å². The van der Waals surface area contributed by atoms with Gasteiger partial charge in [0.15, 0.2) is 9.84 Å². The summed E-state index contributed by atoms with van der Waals surface area (Å²) in [6, 6.07) is 1.60. The van der Waals surface area contributed by atoms with Crippen LogP contribution in [0, 0.1) is 5.92 Å². The summed E-state index contributed by atoms with van der Waals surface area (Å²) in [6.07, 6.45) is 1.38. The number of sulfone groups is 1. The molecular formula is C18H30N2O6S. The Balaban J connectivity index is 2.08. The molecule has 1 aliphatic heterocycles. The number of aromatic nitrogens is 1. The highest BCUT2D eigenvalue weighted by atomic mass is 32.2. The second-order valence-electron chi connectivity index (χ2n) is 8.19. The van der Waals surface area contributed by atoms with Crippen LogP contribution in [0.4, 0.5) is 5.88 Å². The number of nitrogens with one attached hydrogen (secondary N) is 1. The molecule has 1 aromatic heterocycles. The Morgan fingerprint density at radius 3 is 2.52 bits per heavy atom. The lowest BCUT2D eigenvalue weighted by Gasteiger charge is -2.28. The fourth-order valence-electron chi connectivity index (χ4n) is 2.92. The summed E-state index contributed by atoms with van der Waals surface area (Å²) in [5.74, 6) is -0.530. The molecule has 0 radical (unpaired) electrons. The molecular weight excluding hydrogens is 372 g/mol. The fourth-order valence-corrected chi connectivity index (χ4v) is 4.63. The van der Waals surface area contributed by atoms with Crippen molar-refractivity contribution in [3.63, 3.8) is 0 Å². The van der Waals surface area contributed by atoms with Crippen molar-refractivity contribution in [1.29, 1.82) is 0 Å². The minimum absolute atomic E-state index is 0.0163. The van der Waals surface area contributed by atoms with E-state index in [0.717, 1.165) is 0 Å². The Hall–Kier alpha value is -1.45. The van der Waals surface area contributed by atoms with E-state index >= 15 is 0 Å². The van der Waals surface area contributed by atoms with E-state index < -0.39 is 25.9 Å². The molecule has 0 aliphatic carbocycles. The molecule has 27 heavy (non-hydrogen) atoms. The van der Waals surface area contributed by atoms with Crippen LogP contribution in [-0.2, 0) is 29.5 Å². The van der Waals surface area contributed by atoms with Crippen molar-refractivity contribution in [2.75, 3.05) is 38.0 Å². The van der Waals surface area contributed by atoms with Crippen molar-refractivity contribution < 1.29 is 27.2 Å². The molecule has 1 N–H and O–H groups in total. The largest absolute Gasteiger partial charge is 0.384 e. The first-order valence-electron chi connectivity index (χ1n) is 9.07. The Labute approximate surface area is 160 Å². The van der Waals surface area contributed by atoms with Gasteiger partial charge in [0.25, 0.3) is 0 Å². The van der Waals surface area contributed by atoms with Crippen LogP contribution in [0.3, 0.4) is 0 Å². The molecule has 1 aromatic rings. The molecule has 2 heterocycles. The maximum atomic E-state index is 12.8. The highest BCUT2D eigenvalue weighted by molar-refractivity contribution is 7.93. The molecule has 0 unspecified atom stereocenters. The summed E-state index contributed by atoms with van der Waals surface area (Å²) in [4.78, 5) is 12.7. The van der Waals surface area contributed by atoms with Crippen molar-refractivity contribution in [2.45, 2.75) is 50.7 Å². The molecule has 1 aliphatic rings. The second kappa shape index (κ2) is 8.28. The van der Waals surface area contributed by atoms with Crippen LogP contribution in [0.2, 0.25) is 0 Å². The second-order valence-corrected chi connectivity index (χ2v) is 10.8. The number of anilines is 1. The van der Waals surface area contributed by atoms with Crippen LogP contribution in [0.5, 0.6) is 0 Å². The van der Waals surface area contributed by atoms with Crippen molar-refractivity contribution in [3.8, 4) is 0 Å². The average Bonchev–Trinajstić information content (AvgIpc) is 3.04. The zero-order chi connectivity index (χ0) is 20.3. The summed E-state index contributed by atoms with van der Waals surface area (Å²) in [6.45, 7) is 8.25. The van der Waals surface area contributed by atoms with E-state index in [-0.39, 0.29) is 17.6 Å². The molecule has 0 saturated carbocycles. The third-order valence-corrected chi connectivity index (χ3v) is 7.72. The number of carbonyl (C=O) groups is 1. The molecule has 1 amide bonds. The molecule has 1 saturated heterocycles. The maximum absolute atomic E-state index is 12.8. The smallest absolute Gasteiger partial charge is 0.247 e. The molecule has 0 aromatic carbocycles. The summed E-state index contributed by atoms with van der Waals surface area (Å²) in [5.41, 5.74) is 0.216. The van der Waals surface area contributed by atoms with Crippen LogP contribution in [0.15, 0.2) is 10.6 Å². The van der Waals surface area contributed by atoms with Crippen LogP contribution in [0.1, 0.15) is 46.2 Å². The number of hydrogen-bond acceptors (Lipinski definition) is 7. The first-order valence-corrected chi connectivity index (χ1v) is 10.7. The predicted molar refractivity (Wildman–Crippen MR) is 101 cm³/mol. The van der Waals surface area contributed by atoms with Gasteiger partial charge in [-0.2, -0.15) is 0 Å². The Bertz CT molecular complexity index is 748. The van der Waals surface area contributed by atoms with Crippen molar-refractivity contribution in [2.24, 2.45) is 5.92 Å². The normalized spacial score (nSPS) is 17.1. The van der Waals surface area contributed by atoms with Gasteiger partial charge in [0.1, 0.15) is 4.75 Å². The number of ether oxygens (including phenoxy) is 2. The maximum Gasteiger partial charge on any atom is 0.247 e. The Kier molecular flexibility index (Phi) is 6.70. The highest BCUT2D eigenvalue weighted by Crippen LogP contribution is 2.28. The lowest BCUT2D eigenvalue weighted by atomic mass is 9.90. The van der Waals surface area contributed by atoms with Crippen LogP contribution < -0.4 is 5.32 Å². The highest BCUT2D eigenvalue weighted by Gasteiger charge is 2.43. The Morgan fingerprint density at radius 1 is 1.30 bits per heavy atom. The molecule has 8 nitrogen and oxygen atoms in total. The molecule has 2 rings (SSSR count). The third kappa shape index (κ3) is 5.08. The summed E-state index contributed by atoms with van der Waals surface area (Å²) in [7, 11) is -2.07. The van der Waals surface area contributed by atoms with E-state index in [1.165, 1.54) is 13.8 Å². The van der Waals surface area contributed by atoms with E-state index in [0.29, 0.717) is 38.4 Å². The summed E-state index contributed by atoms with van der Waals surface area (Å²) < 4.78 is 39.7. The number of rotatable bonds is 8. The lowest BCUT2D eigenvalue weighted by molar-refractivity contribution is -0.118. The van der Waals surface area contributed by atoms with E-state index in [1.54, 1.807) is 13.2 Å². The first-order chi connectivity index (χ1) is 12.5. The van der Waals surface area contributed by atoms with Gasteiger partial charge in [-0.15, -0.1) is 0 Å². The van der Waals surface area contributed by atoms with Gasteiger partial charge >= 0.3 is 0 Å². The predicted octanol–water partition coefficient (Wildman–Crippen LogP) is 2.16. The quantitative estimate of drug-likeness (QED) is 0.710. The van der Waals surface area contributed by atoms with E-state index in [1.807, 2.05) is 13.8 Å². The standard InChI is InChI=1S/C18H30N2O6S/c1-17(2,12-24-5)14-10-15(26-20-14)19-16(21)18(3,4)27(22,23)11-13-6-8-25-9-7-13/h10,13H,6-9,11-12H2,1-5H3,(H,19,21). The monoisotopic (exact) mass is 402 g/mol.